The second-order valence-electron chi connectivity index (χ2n) is 5.87. The molecule has 2 heterocycles. The van der Waals surface area contributed by atoms with Crippen LogP contribution in [0, 0.1) is 0 Å². The Bertz CT molecular complexity index is 995. The maximum Gasteiger partial charge on any atom is 0.244 e. The van der Waals surface area contributed by atoms with Crippen molar-refractivity contribution in [3.63, 3.8) is 0 Å². The van der Waals surface area contributed by atoms with Crippen molar-refractivity contribution in [1.29, 1.82) is 0 Å². The lowest BCUT2D eigenvalue weighted by molar-refractivity contribution is -0.120. The van der Waals surface area contributed by atoms with E-state index in [0.29, 0.717) is 28.0 Å². The molecular formula is C20H15ClN2O4. The van der Waals surface area contributed by atoms with Crippen LogP contribution < -0.4 is 14.9 Å². The van der Waals surface area contributed by atoms with Crippen LogP contribution in [0.4, 0.5) is 0 Å². The quantitative estimate of drug-likeness (QED) is 0.534. The van der Waals surface area contributed by atoms with Crippen molar-refractivity contribution in [1.82, 2.24) is 5.43 Å². The monoisotopic (exact) mass is 382 g/mol. The first kappa shape index (κ1) is 17.2. The molecule has 2 aromatic carbocycles. The smallest absolute Gasteiger partial charge is 0.244 e. The summed E-state index contributed by atoms with van der Waals surface area (Å²) in [6, 6.07) is 16.3. The molecule has 0 unspecified atom stereocenters. The Morgan fingerprint density at radius 3 is 2.74 bits per heavy atom. The second kappa shape index (κ2) is 7.55. The van der Waals surface area contributed by atoms with Crippen molar-refractivity contribution in [2.75, 3.05) is 6.79 Å². The lowest BCUT2D eigenvalue weighted by Gasteiger charge is -2.02. The molecule has 1 N–H and O–H groups in total. The number of nitrogens with one attached hydrogen (secondary N) is 1. The molecular weight excluding hydrogens is 368 g/mol. The van der Waals surface area contributed by atoms with Crippen LogP contribution in [-0.2, 0) is 11.2 Å². The number of benzene rings is 2. The highest BCUT2D eigenvalue weighted by Crippen LogP contribution is 2.32. The fourth-order valence-electron chi connectivity index (χ4n) is 2.64. The van der Waals surface area contributed by atoms with Crippen molar-refractivity contribution in [3.05, 3.63) is 70.9 Å². The molecule has 0 aliphatic carbocycles. The average molecular weight is 383 g/mol. The van der Waals surface area contributed by atoms with E-state index in [1.165, 1.54) is 6.21 Å². The molecule has 0 saturated heterocycles. The Labute approximate surface area is 160 Å². The minimum atomic E-state index is -0.241. The van der Waals surface area contributed by atoms with Gasteiger partial charge in [-0.05, 0) is 54.1 Å². The first-order valence-corrected chi connectivity index (χ1v) is 8.61. The van der Waals surface area contributed by atoms with Crippen molar-refractivity contribution < 1.29 is 18.7 Å². The third-order valence-corrected chi connectivity index (χ3v) is 4.19. The summed E-state index contributed by atoms with van der Waals surface area (Å²) in [5, 5.41) is 4.60. The number of halogens is 1. The Morgan fingerprint density at radius 1 is 1.07 bits per heavy atom. The fourth-order valence-corrected chi connectivity index (χ4v) is 2.76. The number of nitrogens with zero attached hydrogens (tertiary/aromatic N) is 1. The summed E-state index contributed by atoms with van der Waals surface area (Å²) in [5.74, 6) is 2.32. The lowest BCUT2D eigenvalue weighted by atomic mass is 10.1. The molecule has 1 aromatic heterocycles. The van der Waals surface area contributed by atoms with Gasteiger partial charge in [0.1, 0.15) is 11.5 Å². The third-order valence-electron chi connectivity index (χ3n) is 3.94. The molecule has 4 rings (SSSR count). The predicted octanol–water partition coefficient (Wildman–Crippen LogP) is 4.02. The van der Waals surface area contributed by atoms with Crippen LogP contribution in [0.1, 0.15) is 11.3 Å². The number of fused-ring (bicyclic) bond motifs is 1. The van der Waals surface area contributed by atoms with Gasteiger partial charge in [0.05, 0.1) is 12.6 Å². The molecule has 27 heavy (non-hydrogen) atoms. The summed E-state index contributed by atoms with van der Waals surface area (Å²) in [5.41, 5.74) is 4.21. The minimum Gasteiger partial charge on any atom is -0.455 e. The van der Waals surface area contributed by atoms with Crippen molar-refractivity contribution in [2.45, 2.75) is 6.42 Å². The van der Waals surface area contributed by atoms with E-state index < -0.39 is 0 Å². The van der Waals surface area contributed by atoms with Crippen molar-refractivity contribution in [3.8, 4) is 22.8 Å². The standard InChI is InChI=1S/C20H15ClN2O4/c21-15-4-2-14(3-5-15)17-8-6-16(27-17)11-22-23-20(24)10-13-1-7-18-19(9-13)26-12-25-18/h1-9,11H,10,12H2,(H,23,24). The number of rotatable bonds is 5. The van der Waals surface area contributed by atoms with Crippen molar-refractivity contribution >= 4 is 23.7 Å². The summed E-state index contributed by atoms with van der Waals surface area (Å²) < 4.78 is 16.2. The largest absolute Gasteiger partial charge is 0.455 e. The fraction of sp³-hybridized carbons (Fsp3) is 0.100. The zero-order valence-electron chi connectivity index (χ0n) is 14.1. The first-order chi connectivity index (χ1) is 13.2. The van der Waals surface area contributed by atoms with Crippen LogP contribution in [0.5, 0.6) is 11.5 Å². The van der Waals surface area contributed by atoms with Gasteiger partial charge in [0, 0.05) is 10.6 Å². The highest BCUT2D eigenvalue weighted by atomic mass is 35.5. The van der Waals surface area contributed by atoms with Crippen LogP contribution in [0.2, 0.25) is 5.02 Å². The summed E-state index contributed by atoms with van der Waals surface area (Å²) in [7, 11) is 0. The number of amides is 1. The Balaban J connectivity index is 1.34. The highest BCUT2D eigenvalue weighted by Gasteiger charge is 2.14. The van der Waals surface area contributed by atoms with Gasteiger partial charge >= 0.3 is 0 Å². The molecule has 0 radical (unpaired) electrons. The molecule has 0 atom stereocenters. The number of hydrogen-bond donors (Lipinski definition) is 1. The molecule has 1 aliphatic rings. The van der Waals surface area contributed by atoms with E-state index >= 15 is 0 Å². The van der Waals surface area contributed by atoms with Gasteiger partial charge < -0.3 is 13.9 Å². The Kier molecular flexibility index (Phi) is 4.80. The van der Waals surface area contributed by atoms with Gasteiger partial charge in [-0.2, -0.15) is 5.10 Å². The molecule has 136 valence electrons. The summed E-state index contributed by atoms with van der Waals surface area (Å²) in [6.07, 6.45) is 1.64. The van der Waals surface area contributed by atoms with E-state index in [1.54, 1.807) is 30.3 Å². The van der Waals surface area contributed by atoms with Gasteiger partial charge in [0.2, 0.25) is 12.7 Å². The van der Waals surface area contributed by atoms with Crippen LogP contribution in [0.25, 0.3) is 11.3 Å². The zero-order chi connectivity index (χ0) is 18.6. The number of furan rings is 1. The normalized spacial score (nSPS) is 12.5. The number of carbonyl (C=O) groups excluding carboxylic acids is 1. The van der Waals surface area contributed by atoms with E-state index in [-0.39, 0.29) is 19.1 Å². The van der Waals surface area contributed by atoms with Crippen LogP contribution >= 0.6 is 11.6 Å². The number of ether oxygens (including phenoxy) is 2. The molecule has 0 saturated carbocycles. The molecule has 0 fully saturated rings. The highest BCUT2D eigenvalue weighted by molar-refractivity contribution is 6.30. The van der Waals surface area contributed by atoms with E-state index in [4.69, 9.17) is 25.5 Å². The van der Waals surface area contributed by atoms with E-state index in [2.05, 4.69) is 10.5 Å². The molecule has 6 nitrogen and oxygen atoms in total. The van der Waals surface area contributed by atoms with Gasteiger partial charge in [-0.1, -0.05) is 17.7 Å². The molecule has 0 bridgehead atoms. The summed E-state index contributed by atoms with van der Waals surface area (Å²) in [4.78, 5) is 12.0. The number of hydrazone groups is 1. The molecule has 0 spiro atoms. The maximum absolute atomic E-state index is 12.0. The minimum absolute atomic E-state index is 0.183. The first-order valence-electron chi connectivity index (χ1n) is 8.23. The van der Waals surface area contributed by atoms with E-state index in [1.807, 2.05) is 24.3 Å². The summed E-state index contributed by atoms with van der Waals surface area (Å²) in [6.45, 7) is 0.205. The average Bonchev–Trinajstić information content (AvgIpc) is 3.31. The van der Waals surface area contributed by atoms with E-state index in [9.17, 15) is 4.79 Å². The van der Waals surface area contributed by atoms with Crippen molar-refractivity contribution in [2.24, 2.45) is 5.10 Å². The van der Waals surface area contributed by atoms with Gasteiger partial charge in [0.15, 0.2) is 11.5 Å². The second-order valence-corrected chi connectivity index (χ2v) is 6.30. The molecule has 3 aromatic rings. The third kappa shape index (κ3) is 4.12. The summed E-state index contributed by atoms with van der Waals surface area (Å²) >= 11 is 5.88. The lowest BCUT2D eigenvalue weighted by Crippen LogP contribution is -2.19. The Hall–Kier alpha value is -3.25. The molecule has 7 heteroatoms. The maximum atomic E-state index is 12.0. The SMILES string of the molecule is O=C(Cc1ccc2c(c1)OCO2)NN=Cc1ccc(-c2ccc(Cl)cc2)o1. The Morgan fingerprint density at radius 2 is 1.89 bits per heavy atom. The number of hydrogen-bond acceptors (Lipinski definition) is 5. The van der Waals surface area contributed by atoms with Gasteiger partial charge in [-0.15, -0.1) is 0 Å². The topological polar surface area (TPSA) is 73.1 Å². The zero-order valence-corrected chi connectivity index (χ0v) is 14.9. The predicted molar refractivity (Wildman–Crippen MR) is 101 cm³/mol. The van der Waals surface area contributed by atoms with E-state index in [0.717, 1.165) is 11.1 Å². The van der Waals surface area contributed by atoms with Crippen LogP contribution in [-0.4, -0.2) is 18.9 Å². The van der Waals surface area contributed by atoms with Gasteiger partial charge in [0.25, 0.3) is 0 Å². The van der Waals surface area contributed by atoms with Crippen LogP contribution in [0.15, 0.2) is 64.1 Å². The van der Waals surface area contributed by atoms with Crippen LogP contribution in [0.3, 0.4) is 0 Å². The van der Waals surface area contributed by atoms with Gasteiger partial charge in [-0.3, -0.25) is 4.79 Å². The van der Waals surface area contributed by atoms with Gasteiger partial charge in [-0.25, -0.2) is 5.43 Å². The number of carbonyl (C=O) groups is 1. The molecule has 1 amide bonds. The molecule has 1 aliphatic heterocycles.